The molecule has 0 saturated carbocycles. The largest absolute Gasteiger partial charge is 0.465 e. The molecular formula is C17H17BrN2O3. The summed E-state index contributed by atoms with van der Waals surface area (Å²) in [6, 6.07) is 9.45. The molecule has 0 aliphatic carbocycles. The number of carbonyl (C=O) groups excluding carboxylic acids is 1. The summed E-state index contributed by atoms with van der Waals surface area (Å²) in [5, 5.41) is 2.93. The van der Waals surface area contributed by atoms with Crippen molar-refractivity contribution in [2.45, 2.75) is 0 Å². The molecule has 23 heavy (non-hydrogen) atoms. The van der Waals surface area contributed by atoms with Gasteiger partial charge in [-0.2, -0.15) is 0 Å². The van der Waals surface area contributed by atoms with Gasteiger partial charge in [-0.15, -0.1) is 0 Å². The van der Waals surface area contributed by atoms with E-state index in [4.69, 9.17) is 9.15 Å². The van der Waals surface area contributed by atoms with Crippen molar-refractivity contribution >= 4 is 39.3 Å². The van der Waals surface area contributed by atoms with Crippen molar-refractivity contribution in [1.82, 2.24) is 0 Å². The Morgan fingerprint density at radius 3 is 2.83 bits per heavy atom. The van der Waals surface area contributed by atoms with Crippen molar-refractivity contribution in [1.29, 1.82) is 0 Å². The zero-order chi connectivity index (χ0) is 16.1. The van der Waals surface area contributed by atoms with Crippen molar-refractivity contribution in [3.05, 3.63) is 52.9 Å². The number of nitrogens with one attached hydrogen (secondary N) is 1. The van der Waals surface area contributed by atoms with Crippen molar-refractivity contribution in [2.75, 3.05) is 36.5 Å². The molecule has 2 heterocycles. The summed E-state index contributed by atoms with van der Waals surface area (Å²) in [7, 11) is 0. The van der Waals surface area contributed by atoms with Crippen LogP contribution in [0.15, 0.2) is 51.6 Å². The average Bonchev–Trinajstić information content (AvgIpc) is 3.07. The van der Waals surface area contributed by atoms with Gasteiger partial charge in [-0.05, 0) is 36.4 Å². The van der Waals surface area contributed by atoms with E-state index in [9.17, 15) is 4.79 Å². The zero-order valence-electron chi connectivity index (χ0n) is 12.5. The third-order valence-corrected chi connectivity index (χ3v) is 4.00. The van der Waals surface area contributed by atoms with E-state index in [1.54, 1.807) is 24.5 Å². The fraction of sp³-hybridized carbons (Fsp3) is 0.235. The minimum absolute atomic E-state index is 0.200. The van der Waals surface area contributed by atoms with Gasteiger partial charge in [-0.25, -0.2) is 0 Å². The first-order chi connectivity index (χ1) is 11.2. The average molecular weight is 377 g/mol. The highest BCUT2D eigenvalue weighted by atomic mass is 79.9. The molecule has 120 valence electrons. The zero-order valence-corrected chi connectivity index (χ0v) is 14.1. The molecule has 5 nitrogen and oxygen atoms in total. The number of hydrogen-bond donors (Lipinski definition) is 1. The SMILES string of the molecule is O=C(/C=C/c1ccco1)Nc1cc(Br)ccc1N1CCOCC1. The molecule has 1 amide bonds. The van der Waals surface area contributed by atoms with Crippen LogP contribution in [0.25, 0.3) is 6.08 Å². The molecule has 1 fully saturated rings. The maximum Gasteiger partial charge on any atom is 0.248 e. The number of anilines is 2. The Morgan fingerprint density at radius 2 is 2.09 bits per heavy atom. The predicted molar refractivity (Wildman–Crippen MR) is 93.5 cm³/mol. The highest BCUT2D eigenvalue weighted by Crippen LogP contribution is 2.30. The summed E-state index contributed by atoms with van der Waals surface area (Å²) < 4.78 is 11.5. The van der Waals surface area contributed by atoms with Crippen LogP contribution < -0.4 is 10.2 Å². The first-order valence-corrected chi connectivity index (χ1v) is 8.16. The summed E-state index contributed by atoms with van der Waals surface area (Å²) in [5.41, 5.74) is 1.77. The number of nitrogens with zero attached hydrogens (tertiary/aromatic N) is 1. The van der Waals surface area contributed by atoms with Gasteiger partial charge >= 0.3 is 0 Å². The van der Waals surface area contributed by atoms with Gasteiger partial charge in [0, 0.05) is 23.6 Å². The molecule has 1 aliphatic rings. The number of amides is 1. The minimum atomic E-state index is -0.200. The van der Waals surface area contributed by atoms with Gasteiger partial charge in [0.1, 0.15) is 5.76 Å². The van der Waals surface area contributed by atoms with Crippen LogP contribution in [0.5, 0.6) is 0 Å². The molecule has 0 radical (unpaired) electrons. The number of benzene rings is 1. The van der Waals surface area contributed by atoms with Crippen LogP contribution >= 0.6 is 15.9 Å². The van der Waals surface area contributed by atoms with Crippen LogP contribution in [-0.2, 0) is 9.53 Å². The Bertz CT molecular complexity index is 692. The number of rotatable bonds is 4. The molecule has 6 heteroatoms. The van der Waals surface area contributed by atoms with E-state index in [1.807, 2.05) is 18.2 Å². The maximum absolute atomic E-state index is 12.2. The van der Waals surface area contributed by atoms with E-state index in [2.05, 4.69) is 26.1 Å². The summed E-state index contributed by atoms with van der Waals surface area (Å²) in [6.45, 7) is 3.02. The molecule has 1 aromatic carbocycles. The van der Waals surface area contributed by atoms with E-state index in [0.717, 1.165) is 28.9 Å². The van der Waals surface area contributed by atoms with Gasteiger partial charge in [0.15, 0.2) is 0 Å². The molecule has 1 aliphatic heterocycles. The van der Waals surface area contributed by atoms with Crippen LogP contribution in [0.2, 0.25) is 0 Å². The lowest BCUT2D eigenvalue weighted by Gasteiger charge is -2.30. The molecule has 0 atom stereocenters. The van der Waals surface area contributed by atoms with E-state index >= 15 is 0 Å². The fourth-order valence-corrected chi connectivity index (χ4v) is 2.77. The molecule has 1 N–H and O–H groups in total. The second kappa shape index (κ2) is 7.48. The lowest BCUT2D eigenvalue weighted by Crippen LogP contribution is -2.36. The van der Waals surface area contributed by atoms with Crippen LogP contribution in [0, 0.1) is 0 Å². The van der Waals surface area contributed by atoms with Crippen LogP contribution in [0.3, 0.4) is 0 Å². The van der Waals surface area contributed by atoms with E-state index < -0.39 is 0 Å². The normalized spacial score (nSPS) is 15.1. The number of ether oxygens (including phenoxy) is 1. The van der Waals surface area contributed by atoms with Gasteiger partial charge in [-0.3, -0.25) is 4.79 Å². The molecule has 0 spiro atoms. The van der Waals surface area contributed by atoms with Crippen LogP contribution in [0.1, 0.15) is 5.76 Å². The molecule has 1 saturated heterocycles. The monoisotopic (exact) mass is 376 g/mol. The first kappa shape index (κ1) is 15.8. The summed E-state index contributed by atoms with van der Waals surface area (Å²) in [6.07, 6.45) is 4.67. The Morgan fingerprint density at radius 1 is 1.26 bits per heavy atom. The van der Waals surface area contributed by atoms with E-state index in [0.29, 0.717) is 19.0 Å². The summed E-state index contributed by atoms with van der Waals surface area (Å²) >= 11 is 3.45. The quantitative estimate of drug-likeness (QED) is 0.829. The van der Waals surface area contributed by atoms with Gasteiger partial charge in [0.2, 0.25) is 5.91 Å². The Kier molecular flexibility index (Phi) is 5.15. The summed E-state index contributed by atoms with van der Waals surface area (Å²) in [5.74, 6) is 0.441. The third-order valence-electron chi connectivity index (χ3n) is 3.51. The standard InChI is InChI=1S/C17H17BrN2O3/c18-13-3-5-16(20-7-10-22-11-8-20)15(12-13)19-17(21)6-4-14-2-1-9-23-14/h1-6,9,12H,7-8,10-11H2,(H,19,21)/b6-4+. The predicted octanol–water partition coefficient (Wildman–Crippen LogP) is 3.53. The molecule has 2 aromatic rings. The molecule has 1 aromatic heterocycles. The molecular weight excluding hydrogens is 360 g/mol. The molecule has 0 unspecified atom stereocenters. The lowest BCUT2D eigenvalue weighted by molar-refractivity contribution is -0.111. The third kappa shape index (κ3) is 4.24. The highest BCUT2D eigenvalue weighted by Gasteiger charge is 2.16. The van der Waals surface area contributed by atoms with Crippen LogP contribution in [0.4, 0.5) is 11.4 Å². The van der Waals surface area contributed by atoms with Gasteiger partial charge < -0.3 is 19.4 Å². The van der Waals surface area contributed by atoms with Crippen LogP contribution in [-0.4, -0.2) is 32.2 Å². The first-order valence-electron chi connectivity index (χ1n) is 7.37. The molecule has 0 bridgehead atoms. The fourth-order valence-electron chi connectivity index (χ4n) is 2.41. The van der Waals surface area contributed by atoms with Gasteiger partial charge in [-0.1, -0.05) is 15.9 Å². The van der Waals surface area contributed by atoms with E-state index in [1.165, 1.54) is 6.08 Å². The van der Waals surface area contributed by atoms with Crippen molar-refractivity contribution in [3.63, 3.8) is 0 Å². The van der Waals surface area contributed by atoms with E-state index in [-0.39, 0.29) is 5.91 Å². The van der Waals surface area contributed by atoms with Gasteiger partial charge in [0.05, 0.1) is 30.9 Å². The second-order valence-corrected chi connectivity index (χ2v) is 6.01. The summed E-state index contributed by atoms with van der Waals surface area (Å²) in [4.78, 5) is 14.4. The lowest BCUT2D eigenvalue weighted by atomic mass is 10.2. The van der Waals surface area contributed by atoms with Gasteiger partial charge in [0.25, 0.3) is 0 Å². The number of furan rings is 1. The topological polar surface area (TPSA) is 54.7 Å². The minimum Gasteiger partial charge on any atom is -0.465 e. The number of carbonyl (C=O) groups is 1. The smallest absolute Gasteiger partial charge is 0.248 e. The maximum atomic E-state index is 12.2. The number of morpholine rings is 1. The highest BCUT2D eigenvalue weighted by molar-refractivity contribution is 9.10. The Balaban J connectivity index is 1.75. The Labute approximate surface area is 143 Å². The second-order valence-electron chi connectivity index (χ2n) is 5.10. The number of hydrogen-bond acceptors (Lipinski definition) is 4. The van der Waals surface area contributed by atoms with Crippen molar-refractivity contribution in [2.24, 2.45) is 0 Å². The van der Waals surface area contributed by atoms with Crippen molar-refractivity contribution < 1.29 is 13.9 Å². The Hall–Kier alpha value is -2.05. The number of halogens is 1. The molecule has 3 rings (SSSR count). The van der Waals surface area contributed by atoms with Crippen molar-refractivity contribution in [3.8, 4) is 0 Å².